The molecule has 0 saturated carbocycles. The van der Waals surface area contributed by atoms with Crippen LogP contribution >= 0.6 is 11.6 Å². The van der Waals surface area contributed by atoms with E-state index in [1.165, 1.54) is 24.3 Å². The van der Waals surface area contributed by atoms with Gasteiger partial charge in [0.15, 0.2) is 6.10 Å². The predicted octanol–water partition coefficient (Wildman–Crippen LogP) is 4.46. The van der Waals surface area contributed by atoms with Crippen LogP contribution in [0.15, 0.2) is 77.7 Å². The van der Waals surface area contributed by atoms with Crippen LogP contribution in [0, 0.1) is 0 Å². The van der Waals surface area contributed by atoms with Crippen molar-refractivity contribution in [2.24, 2.45) is 0 Å². The SMILES string of the molecule is CCC(C)NC(=O)c1ccccc1NC(=O)C1CN(S(=O)(=O)c2ccc(Cl)cc2)c2ccccc2O1. The van der Waals surface area contributed by atoms with Gasteiger partial charge in [-0.15, -0.1) is 0 Å². The highest BCUT2D eigenvalue weighted by Crippen LogP contribution is 2.37. The largest absolute Gasteiger partial charge is 0.476 e. The Morgan fingerprint density at radius 3 is 2.44 bits per heavy atom. The van der Waals surface area contributed by atoms with Crippen molar-refractivity contribution in [3.05, 3.63) is 83.4 Å². The average molecular weight is 528 g/mol. The highest BCUT2D eigenvalue weighted by molar-refractivity contribution is 7.92. The smallest absolute Gasteiger partial charge is 0.267 e. The monoisotopic (exact) mass is 527 g/mol. The number of hydrogen-bond acceptors (Lipinski definition) is 5. The van der Waals surface area contributed by atoms with Crippen LogP contribution < -0.4 is 19.7 Å². The van der Waals surface area contributed by atoms with E-state index in [0.717, 1.165) is 10.7 Å². The minimum atomic E-state index is -4.02. The summed E-state index contributed by atoms with van der Waals surface area (Å²) < 4.78 is 34.1. The molecule has 3 aromatic rings. The highest BCUT2D eigenvalue weighted by atomic mass is 35.5. The lowest BCUT2D eigenvalue weighted by atomic mass is 10.1. The van der Waals surface area contributed by atoms with E-state index in [-0.39, 0.29) is 29.1 Å². The van der Waals surface area contributed by atoms with Crippen molar-refractivity contribution in [3.63, 3.8) is 0 Å². The number of hydrogen-bond donors (Lipinski definition) is 2. The number of benzene rings is 3. The molecule has 0 spiro atoms. The maximum Gasteiger partial charge on any atom is 0.267 e. The van der Waals surface area contributed by atoms with E-state index in [2.05, 4.69) is 10.6 Å². The summed E-state index contributed by atoms with van der Waals surface area (Å²) in [5.41, 5.74) is 0.927. The number of nitrogens with zero attached hydrogens (tertiary/aromatic N) is 1. The Labute approximate surface area is 215 Å². The summed E-state index contributed by atoms with van der Waals surface area (Å²) in [5.74, 6) is -0.643. The van der Waals surface area contributed by atoms with E-state index in [9.17, 15) is 18.0 Å². The fourth-order valence-electron chi connectivity index (χ4n) is 3.71. The first kappa shape index (κ1) is 25.5. The molecule has 2 unspecified atom stereocenters. The number of sulfonamides is 1. The predicted molar refractivity (Wildman–Crippen MR) is 139 cm³/mol. The molecular weight excluding hydrogens is 502 g/mol. The summed E-state index contributed by atoms with van der Waals surface area (Å²) in [7, 11) is -4.02. The second-order valence-corrected chi connectivity index (χ2v) is 10.7. The van der Waals surface area contributed by atoms with Crippen molar-refractivity contribution in [2.45, 2.75) is 37.3 Å². The van der Waals surface area contributed by atoms with Gasteiger partial charge < -0.3 is 15.4 Å². The fraction of sp³-hybridized carbons (Fsp3) is 0.231. The standard InChI is InChI=1S/C26H26ClN3O5S/c1-3-17(2)28-25(31)20-8-4-5-9-21(20)29-26(32)24-16-30(22-10-6-7-11-23(22)35-24)36(33,34)19-14-12-18(27)13-15-19/h4-15,17,24H,3,16H2,1-2H3,(H,28,31)(H,29,32). The lowest BCUT2D eigenvalue weighted by Crippen LogP contribution is -2.49. The third-order valence-corrected chi connectivity index (χ3v) is 7.89. The molecular formula is C26H26ClN3O5S. The number of rotatable bonds is 7. The molecule has 2 atom stereocenters. The third kappa shape index (κ3) is 5.32. The molecule has 0 fully saturated rings. The lowest BCUT2D eigenvalue weighted by Gasteiger charge is -2.34. The van der Waals surface area contributed by atoms with Crippen LogP contribution in [0.3, 0.4) is 0 Å². The molecule has 10 heteroatoms. The molecule has 1 aliphatic rings. The molecule has 0 aromatic heterocycles. The number of carbonyl (C=O) groups is 2. The molecule has 0 aliphatic carbocycles. The van der Waals surface area contributed by atoms with E-state index in [1.807, 2.05) is 13.8 Å². The fourth-order valence-corrected chi connectivity index (χ4v) is 5.31. The molecule has 188 valence electrons. The Bertz CT molecular complexity index is 1380. The Balaban J connectivity index is 1.62. The van der Waals surface area contributed by atoms with E-state index in [1.54, 1.807) is 48.5 Å². The zero-order valence-corrected chi connectivity index (χ0v) is 21.3. The Morgan fingerprint density at radius 1 is 1.06 bits per heavy atom. The second kappa shape index (κ2) is 10.6. The molecule has 4 rings (SSSR count). The first-order valence-electron chi connectivity index (χ1n) is 11.5. The van der Waals surface area contributed by atoms with Crippen LogP contribution in [0.2, 0.25) is 5.02 Å². The highest BCUT2D eigenvalue weighted by Gasteiger charge is 2.37. The lowest BCUT2D eigenvalue weighted by molar-refractivity contribution is -0.122. The van der Waals surface area contributed by atoms with E-state index in [4.69, 9.17) is 16.3 Å². The third-order valence-electron chi connectivity index (χ3n) is 5.85. The van der Waals surface area contributed by atoms with Crippen LogP contribution in [0.25, 0.3) is 0 Å². The molecule has 3 aromatic carbocycles. The summed E-state index contributed by atoms with van der Waals surface area (Å²) in [5, 5.41) is 6.03. The number of nitrogens with one attached hydrogen (secondary N) is 2. The normalized spacial score (nSPS) is 15.9. The van der Waals surface area contributed by atoms with Gasteiger partial charge in [0.2, 0.25) is 0 Å². The first-order valence-corrected chi connectivity index (χ1v) is 13.3. The van der Waals surface area contributed by atoms with Crippen molar-refractivity contribution >= 4 is 44.8 Å². The number of halogens is 1. The van der Waals surface area contributed by atoms with Crippen molar-refractivity contribution in [3.8, 4) is 5.75 Å². The van der Waals surface area contributed by atoms with Gasteiger partial charge in [-0.25, -0.2) is 8.42 Å². The molecule has 1 aliphatic heterocycles. The van der Waals surface area contributed by atoms with Crippen LogP contribution in [0.5, 0.6) is 5.75 Å². The molecule has 1 heterocycles. The summed E-state index contributed by atoms with van der Waals surface area (Å²) in [6.07, 6.45) is -0.402. The minimum Gasteiger partial charge on any atom is -0.476 e. The van der Waals surface area contributed by atoms with E-state index >= 15 is 0 Å². The second-order valence-electron chi connectivity index (χ2n) is 8.38. The van der Waals surface area contributed by atoms with E-state index in [0.29, 0.717) is 22.0 Å². The molecule has 8 nitrogen and oxygen atoms in total. The number of ether oxygens (including phenoxy) is 1. The quantitative estimate of drug-likeness (QED) is 0.472. The van der Waals surface area contributed by atoms with Crippen LogP contribution in [0.4, 0.5) is 11.4 Å². The summed E-state index contributed by atoms with van der Waals surface area (Å²) >= 11 is 5.93. The molecule has 2 N–H and O–H groups in total. The van der Waals surface area contributed by atoms with Gasteiger partial charge in [-0.3, -0.25) is 13.9 Å². The van der Waals surface area contributed by atoms with Crippen LogP contribution in [-0.2, 0) is 14.8 Å². The number of fused-ring (bicyclic) bond motifs is 1. The van der Waals surface area contributed by atoms with Gasteiger partial charge in [0.05, 0.1) is 28.4 Å². The van der Waals surface area contributed by atoms with Gasteiger partial charge in [0.1, 0.15) is 5.75 Å². The number of anilines is 2. The molecule has 2 amide bonds. The Hall–Kier alpha value is -3.56. The van der Waals surface area contributed by atoms with Gasteiger partial charge in [0, 0.05) is 11.1 Å². The van der Waals surface area contributed by atoms with Gasteiger partial charge >= 0.3 is 0 Å². The zero-order chi connectivity index (χ0) is 25.9. The van der Waals surface area contributed by atoms with Crippen LogP contribution in [-0.4, -0.2) is 38.9 Å². The number of carbonyl (C=O) groups excluding carboxylic acids is 2. The molecule has 36 heavy (non-hydrogen) atoms. The maximum absolute atomic E-state index is 13.5. The number of para-hydroxylation sites is 3. The topological polar surface area (TPSA) is 105 Å². The molecule has 0 radical (unpaired) electrons. The molecule has 0 bridgehead atoms. The van der Waals surface area contributed by atoms with Gasteiger partial charge in [-0.1, -0.05) is 42.8 Å². The first-order chi connectivity index (χ1) is 17.2. The van der Waals surface area contributed by atoms with Gasteiger partial charge in [-0.2, -0.15) is 0 Å². The Morgan fingerprint density at radius 2 is 1.72 bits per heavy atom. The van der Waals surface area contributed by atoms with Crippen molar-refractivity contribution in [2.75, 3.05) is 16.2 Å². The summed E-state index contributed by atoms with van der Waals surface area (Å²) in [6.45, 7) is 3.60. The van der Waals surface area contributed by atoms with Crippen molar-refractivity contribution in [1.29, 1.82) is 0 Å². The molecule has 0 saturated heterocycles. The average Bonchev–Trinajstić information content (AvgIpc) is 2.88. The summed E-state index contributed by atoms with van der Waals surface area (Å²) in [4.78, 5) is 26.0. The Kier molecular flexibility index (Phi) is 7.51. The van der Waals surface area contributed by atoms with Gasteiger partial charge in [-0.05, 0) is 61.9 Å². The minimum absolute atomic E-state index is 0.0360. The van der Waals surface area contributed by atoms with Gasteiger partial charge in [0.25, 0.3) is 21.8 Å². The van der Waals surface area contributed by atoms with E-state index < -0.39 is 22.0 Å². The van der Waals surface area contributed by atoms with Crippen molar-refractivity contribution in [1.82, 2.24) is 5.32 Å². The number of amides is 2. The zero-order valence-electron chi connectivity index (χ0n) is 19.8. The van der Waals surface area contributed by atoms with Crippen LogP contribution in [0.1, 0.15) is 30.6 Å². The maximum atomic E-state index is 13.5. The van der Waals surface area contributed by atoms with Crippen molar-refractivity contribution < 1.29 is 22.7 Å². The summed E-state index contributed by atoms with van der Waals surface area (Å²) in [6, 6.07) is 19.0.